The molecule has 0 atom stereocenters. The van der Waals surface area contributed by atoms with Crippen LogP contribution in [0.5, 0.6) is 0 Å². The predicted octanol–water partition coefficient (Wildman–Crippen LogP) is 1.97. The van der Waals surface area contributed by atoms with Crippen molar-refractivity contribution in [1.29, 1.82) is 0 Å². The van der Waals surface area contributed by atoms with E-state index in [9.17, 15) is 9.59 Å². The molecule has 3 rings (SSSR count). The van der Waals surface area contributed by atoms with E-state index in [-0.39, 0.29) is 18.5 Å². The summed E-state index contributed by atoms with van der Waals surface area (Å²) in [6, 6.07) is 7.41. The van der Waals surface area contributed by atoms with Gasteiger partial charge in [0.15, 0.2) is 0 Å². The molecule has 1 aromatic heterocycles. The first-order valence-corrected chi connectivity index (χ1v) is 9.34. The van der Waals surface area contributed by atoms with Crippen LogP contribution in [0.3, 0.4) is 0 Å². The third-order valence-corrected chi connectivity index (χ3v) is 4.90. The van der Waals surface area contributed by atoms with Crippen LogP contribution in [0, 0.1) is 6.92 Å². The van der Waals surface area contributed by atoms with Crippen molar-refractivity contribution < 1.29 is 9.59 Å². The fourth-order valence-electron chi connectivity index (χ4n) is 2.62. The summed E-state index contributed by atoms with van der Waals surface area (Å²) in [6.45, 7) is 4.28. The summed E-state index contributed by atoms with van der Waals surface area (Å²) in [5, 5.41) is 14.8. The van der Waals surface area contributed by atoms with Crippen LogP contribution in [-0.2, 0) is 4.79 Å². The van der Waals surface area contributed by atoms with Crippen molar-refractivity contribution in [1.82, 2.24) is 20.4 Å². The highest BCUT2D eigenvalue weighted by Gasteiger charge is 2.21. The first-order valence-electron chi connectivity index (χ1n) is 8.14. The van der Waals surface area contributed by atoms with Gasteiger partial charge in [-0.3, -0.25) is 10.1 Å². The number of nitrogens with one attached hydrogen (secondary N) is 2. The molecule has 8 nitrogen and oxygen atoms in total. The second-order valence-electron chi connectivity index (χ2n) is 5.79. The van der Waals surface area contributed by atoms with Gasteiger partial charge in [0.05, 0.1) is 6.54 Å². The van der Waals surface area contributed by atoms with E-state index in [1.54, 1.807) is 11.8 Å². The molecule has 26 heavy (non-hydrogen) atoms. The molecule has 0 radical (unpaired) electrons. The summed E-state index contributed by atoms with van der Waals surface area (Å²) >= 11 is 7.31. The van der Waals surface area contributed by atoms with Crippen LogP contribution in [0.4, 0.5) is 15.6 Å². The second kappa shape index (κ2) is 8.33. The van der Waals surface area contributed by atoms with Crippen molar-refractivity contribution in [2.24, 2.45) is 0 Å². The smallest absolute Gasteiger partial charge is 0.317 e. The van der Waals surface area contributed by atoms with Gasteiger partial charge in [-0.15, -0.1) is 10.2 Å². The van der Waals surface area contributed by atoms with Crippen LogP contribution in [0.1, 0.15) is 5.01 Å². The quantitative estimate of drug-likeness (QED) is 0.827. The van der Waals surface area contributed by atoms with E-state index in [1.165, 1.54) is 11.3 Å². The summed E-state index contributed by atoms with van der Waals surface area (Å²) in [5.41, 5.74) is 1.05. The molecule has 0 saturated carbocycles. The highest BCUT2D eigenvalue weighted by atomic mass is 35.5. The second-order valence-corrected chi connectivity index (χ2v) is 7.41. The van der Waals surface area contributed by atoms with E-state index in [0.29, 0.717) is 36.3 Å². The molecule has 1 aromatic carbocycles. The average molecular weight is 395 g/mol. The lowest BCUT2D eigenvalue weighted by Gasteiger charge is -2.36. The monoisotopic (exact) mass is 394 g/mol. The number of aromatic nitrogens is 2. The summed E-state index contributed by atoms with van der Waals surface area (Å²) in [4.78, 5) is 28.0. The Morgan fingerprint density at radius 2 is 2.00 bits per heavy atom. The summed E-state index contributed by atoms with van der Waals surface area (Å²) in [5.74, 6) is -0.327. The normalized spacial score (nSPS) is 14.2. The average Bonchev–Trinajstić information content (AvgIpc) is 3.04. The number of hydrogen-bond acceptors (Lipinski definition) is 6. The summed E-state index contributed by atoms with van der Waals surface area (Å²) in [7, 11) is 0. The number of halogens is 1. The first kappa shape index (κ1) is 18.4. The van der Waals surface area contributed by atoms with Crippen molar-refractivity contribution in [3.63, 3.8) is 0 Å². The minimum atomic E-state index is -0.327. The number of benzene rings is 1. The Morgan fingerprint density at radius 1 is 1.23 bits per heavy atom. The molecule has 2 N–H and O–H groups in total. The van der Waals surface area contributed by atoms with E-state index in [1.807, 2.05) is 24.3 Å². The van der Waals surface area contributed by atoms with E-state index in [4.69, 9.17) is 11.6 Å². The van der Waals surface area contributed by atoms with Gasteiger partial charge < -0.3 is 15.1 Å². The number of carbonyl (C=O) groups excluding carboxylic acids is 2. The van der Waals surface area contributed by atoms with Gasteiger partial charge in [-0.1, -0.05) is 29.0 Å². The zero-order chi connectivity index (χ0) is 18.5. The number of amides is 3. The number of nitrogens with zero attached hydrogens (tertiary/aromatic N) is 4. The molecular weight excluding hydrogens is 376 g/mol. The molecule has 1 fully saturated rings. The van der Waals surface area contributed by atoms with Crippen LogP contribution in [-0.4, -0.2) is 59.8 Å². The lowest BCUT2D eigenvalue weighted by molar-refractivity contribution is -0.115. The van der Waals surface area contributed by atoms with Crippen LogP contribution in [0.15, 0.2) is 24.3 Å². The van der Waals surface area contributed by atoms with Gasteiger partial charge in [0.1, 0.15) is 5.01 Å². The fraction of sp³-hybridized carbons (Fsp3) is 0.375. The third-order valence-electron chi connectivity index (χ3n) is 3.91. The summed E-state index contributed by atoms with van der Waals surface area (Å²) < 4.78 is 0. The van der Waals surface area contributed by atoms with Crippen molar-refractivity contribution in [3.8, 4) is 0 Å². The molecule has 0 aliphatic carbocycles. The van der Waals surface area contributed by atoms with E-state index in [0.717, 1.165) is 10.7 Å². The highest BCUT2D eigenvalue weighted by Crippen LogP contribution is 2.20. The SMILES string of the molecule is Cc1nnc(NC(=O)CNC(=O)N2CCN(c3cccc(Cl)c3)CC2)s1. The van der Waals surface area contributed by atoms with E-state index < -0.39 is 0 Å². The summed E-state index contributed by atoms with van der Waals surface area (Å²) in [6.07, 6.45) is 0. The molecule has 2 aromatic rings. The zero-order valence-electron chi connectivity index (χ0n) is 14.2. The Balaban J connectivity index is 1.42. The van der Waals surface area contributed by atoms with E-state index >= 15 is 0 Å². The molecule has 0 bridgehead atoms. The molecular formula is C16H19ClN6O2S. The van der Waals surface area contributed by atoms with Crippen molar-refractivity contribution in [2.75, 3.05) is 42.9 Å². The van der Waals surface area contributed by atoms with Crippen LogP contribution in [0.25, 0.3) is 0 Å². The maximum atomic E-state index is 12.2. The van der Waals surface area contributed by atoms with Gasteiger partial charge >= 0.3 is 6.03 Å². The highest BCUT2D eigenvalue weighted by molar-refractivity contribution is 7.15. The van der Waals surface area contributed by atoms with Gasteiger partial charge in [-0.05, 0) is 25.1 Å². The molecule has 1 saturated heterocycles. The Labute approximate surface area is 160 Å². The number of hydrogen-bond donors (Lipinski definition) is 2. The number of aryl methyl sites for hydroxylation is 1. The molecule has 2 heterocycles. The topological polar surface area (TPSA) is 90.5 Å². The fourth-order valence-corrected chi connectivity index (χ4v) is 3.41. The number of rotatable bonds is 4. The standard InChI is InChI=1S/C16H19ClN6O2S/c1-11-20-21-15(26-11)19-14(24)10-18-16(25)23-7-5-22(6-8-23)13-4-2-3-12(17)9-13/h2-4,9H,5-8,10H2,1H3,(H,18,25)(H,19,21,24). The van der Waals surface area contributed by atoms with Crippen LogP contribution in [0.2, 0.25) is 5.02 Å². The third kappa shape index (κ3) is 4.83. The Bertz CT molecular complexity index is 791. The number of carbonyl (C=O) groups is 2. The van der Waals surface area contributed by atoms with Crippen LogP contribution >= 0.6 is 22.9 Å². The van der Waals surface area contributed by atoms with Crippen LogP contribution < -0.4 is 15.5 Å². The predicted molar refractivity (Wildman–Crippen MR) is 102 cm³/mol. The van der Waals surface area contributed by atoms with Gasteiger partial charge in [0, 0.05) is 36.9 Å². The minimum absolute atomic E-state index is 0.105. The Hall–Kier alpha value is -2.39. The Kier molecular flexibility index (Phi) is 5.89. The lowest BCUT2D eigenvalue weighted by atomic mass is 10.2. The van der Waals surface area contributed by atoms with Crippen molar-refractivity contribution in [2.45, 2.75) is 6.92 Å². The molecule has 3 amide bonds. The number of anilines is 2. The van der Waals surface area contributed by atoms with Crippen molar-refractivity contribution >= 4 is 45.7 Å². The first-order chi connectivity index (χ1) is 12.5. The number of urea groups is 1. The van der Waals surface area contributed by atoms with Gasteiger partial charge in [-0.2, -0.15) is 0 Å². The molecule has 1 aliphatic rings. The Morgan fingerprint density at radius 3 is 2.65 bits per heavy atom. The molecule has 138 valence electrons. The molecule has 10 heteroatoms. The maximum absolute atomic E-state index is 12.2. The van der Waals surface area contributed by atoms with E-state index in [2.05, 4.69) is 25.7 Å². The maximum Gasteiger partial charge on any atom is 0.317 e. The van der Waals surface area contributed by atoms with Crippen molar-refractivity contribution in [3.05, 3.63) is 34.3 Å². The zero-order valence-corrected chi connectivity index (χ0v) is 15.8. The molecule has 0 spiro atoms. The van der Waals surface area contributed by atoms with Gasteiger partial charge in [0.2, 0.25) is 11.0 Å². The minimum Gasteiger partial charge on any atom is -0.368 e. The molecule has 0 unspecified atom stereocenters. The van der Waals surface area contributed by atoms with Gasteiger partial charge in [-0.25, -0.2) is 4.79 Å². The van der Waals surface area contributed by atoms with Gasteiger partial charge in [0.25, 0.3) is 0 Å². The number of piperazine rings is 1. The molecule has 1 aliphatic heterocycles. The largest absolute Gasteiger partial charge is 0.368 e. The lowest BCUT2D eigenvalue weighted by Crippen LogP contribution is -2.52.